The number of aliphatic imine (C=N–C) groups is 1. The molecule has 1 unspecified atom stereocenters. The molecule has 0 radical (unpaired) electrons. The number of ether oxygens (including phenoxy) is 1. The quantitative estimate of drug-likeness (QED) is 0.456. The minimum atomic E-state index is -4.39. The molecule has 154 valence electrons. The van der Waals surface area contributed by atoms with Crippen LogP contribution >= 0.6 is 11.3 Å². The molecule has 0 bridgehead atoms. The van der Waals surface area contributed by atoms with Gasteiger partial charge in [-0.3, -0.25) is 0 Å². The summed E-state index contributed by atoms with van der Waals surface area (Å²) in [6, 6.07) is 4.33. The van der Waals surface area contributed by atoms with Crippen molar-refractivity contribution in [2.45, 2.75) is 32.7 Å². The molecule has 6 nitrogen and oxygen atoms in total. The van der Waals surface area contributed by atoms with Crippen molar-refractivity contribution in [3.05, 3.63) is 45.9 Å². The number of hydrogen-bond acceptors (Lipinski definition) is 5. The SMILES string of the molecule is CCNC(=NCc1ncc(C)s1)NCC(O)COc1ccc(C(F)(F)F)cc1. The maximum atomic E-state index is 12.5. The molecular weight excluding hydrogens is 393 g/mol. The number of aliphatic hydroxyl groups excluding tert-OH is 1. The second-order valence-electron chi connectivity index (χ2n) is 5.93. The molecule has 2 rings (SSSR count). The molecule has 1 atom stereocenters. The highest BCUT2D eigenvalue weighted by Crippen LogP contribution is 2.30. The minimum absolute atomic E-state index is 0.0660. The fourth-order valence-corrected chi connectivity index (χ4v) is 2.88. The van der Waals surface area contributed by atoms with E-state index in [0.29, 0.717) is 19.0 Å². The van der Waals surface area contributed by atoms with Crippen LogP contribution in [0.3, 0.4) is 0 Å². The first kappa shape index (κ1) is 22.0. The number of aromatic nitrogens is 1. The lowest BCUT2D eigenvalue weighted by Crippen LogP contribution is -2.42. The van der Waals surface area contributed by atoms with Crippen molar-refractivity contribution in [2.24, 2.45) is 4.99 Å². The highest BCUT2D eigenvalue weighted by Gasteiger charge is 2.30. The second kappa shape index (κ2) is 10.3. The molecule has 10 heteroatoms. The van der Waals surface area contributed by atoms with Crippen LogP contribution in [-0.4, -0.2) is 41.9 Å². The van der Waals surface area contributed by atoms with Crippen molar-refractivity contribution in [3.63, 3.8) is 0 Å². The Morgan fingerprint density at radius 2 is 2.00 bits per heavy atom. The summed E-state index contributed by atoms with van der Waals surface area (Å²) in [5.41, 5.74) is -0.746. The monoisotopic (exact) mass is 416 g/mol. The standard InChI is InChI=1S/C18H23F3N4O2S/c1-3-22-17(25-10-16-23-8-12(2)28-16)24-9-14(26)11-27-15-6-4-13(5-7-15)18(19,20)21/h4-8,14,26H,3,9-11H2,1-2H3,(H2,22,24,25). The first-order valence-electron chi connectivity index (χ1n) is 8.69. The van der Waals surface area contributed by atoms with Gasteiger partial charge in [0.05, 0.1) is 12.1 Å². The van der Waals surface area contributed by atoms with Crippen molar-refractivity contribution in [2.75, 3.05) is 19.7 Å². The number of thiazole rings is 1. The lowest BCUT2D eigenvalue weighted by molar-refractivity contribution is -0.137. The van der Waals surface area contributed by atoms with Gasteiger partial charge < -0.3 is 20.5 Å². The van der Waals surface area contributed by atoms with Crippen LogP contribution in [-0.2, 0) is 12.7 Å². The Morgan fingerprint density at radius 1 is 1.29 bits per heavy atom. The molecule has 0 fully saturated rings. The maximum absolute atomic E-state index is 12.5. The summed E-state index contributed by atoms with van der Waals surface area (Å²) in [4.78, 5) is 9.76. The molecule has 0 spiro atoms. The summed E-state index contributed by atoms with van der Waals surface area (Å²) in [6.07, 6.45) is -3.47. The Balaban J connectivity index is 1.79. The number of nitrogens with zero attached hydrogens (tertiary/aromatic N) is 2. The Hall–Kier alpha value is -2.33. The number of guanidine groups is 1. The third-order valence-corrected chi connectivity index (χ3v) is 4.41. The van der Waals surface area contributed by atoms with E-state index in [-0.39, 0.29) is 18.9 Å². The molecule has 0 aliphatic rings. The third-order valence-electron chi connectivity index (χ3n) is 3.51. The lowest BCUT2D eigenvalue weighted by Gasteiger charge is -2.16. The van der Waals surface area contributed by atoms with E-state index in [1.165, 1.54) is 12.1 Å². The molecule has 0 aliphatic heterocycles. The molecule has 1 aromatic carbocycles. The summed E-state index contributed by atoms with van der Waals surface area (Å²) in [5.74, 6) is 0.788. The molecule has 0 aliphatic carbocycles. The number of hydrogen-bond donors (Lipinski definition) is 3. The second-order valence-corrected chi connectivity index (χ2v) is 7.25. The predicted octanol–water partition coefficient (Wildman–Crippen LogP) is 2.97. The normalized spacial score (nSPS) is 13.3. The van der Waals surface area contributed by atoms with E-state index in [2.05, 4.69) is 20.6 Å². The van der Waals surface area contributed by atoms with Gasteiger partial charge in [-0.1, -0.05) is 0 Å². The molecule has 3 N–H and O–H groups in total. The molecule has 0 amide bonds. The van der Waals surface area contributed by atoms with E-state index >= 15 is 0 Å². The number of halogens is 3. The van der Waals surface area contributed by atoms with Crippen LogP contribution in [0.2, 0.25) is 0 Å². The summed E-state index contributed by atoms with van der Waals surface area (Å²) < 4.78 is 42.9. The summed E-state index contributed by atoms with van der Waals surface area (Å²) in [5, 5.41) is 17.0. The number of alkyl halides is 3. The van der Waals surface area contributed by atoms with Gasteiger partial charge in [0.15, 0.2) is 5.96 Å². The highest BCUT2D eigenvalue weighted by molar-refractivity contribution is 7.11. The Labute approximate surface area is 165 Å². The van der Waals surface area contributed by atoms with Gasteiger partial charge in [-0.15, -0.1) is 11.3 Å². The number of nitrogens with one attached hydrogen (secondary N) is 2. The summed E-state index contributed by atoms with van der Waals surface area (Å²) >= 11 is 1.57. The minimum Gasteiger partial charge on any atom is -0.491 e. The van der Waals surface area contributed by atoms with Gasteiger partial charge in [0.1, 0.15) is 23.5 Å². The first-order valence-corrected chi connectivity index (χ1v) is 9.51. The zero-order chi connectivity index (χ0) is 20.6. The third kappa shape index (κ3) is 7.35. The largest absolute Gasteiger partial charge is 0.491 e. The van der Waals surface area contributed by atoms with Crippen molar-refractivity contribution >= 4 is 17.3 Å². The number of aliphatic hydroxyl groups is 1. The maximum Gasteiger partial charge on any atom is 0.416 e. The van der Waals surface area contributed by atoms with Crippen LogP contribution in [0.1, 0.15) is 22.4 Å². The number of aryl methyl sites for hydroxylation is 1. The Bertz CT molecular complexity index is 763. The molecule has 1 heterocycles. The van der Waals surface area contributed by atoms with Crippen LogP contribution in [0.25, 0.3) is 0 Å². The van der Waals surface area contributed by atoms with E-state index in [4.69, 9.17) is 4.74 Å². The van der Waals surface area contributed by atoms with Crippen molar-refractivity contribution in [3.8, 4) is 5.75 Å². The van der Waals surface area contributed by atoms with Gasteiger partial charge in [-0.25, -0.2) is 9.98 Å². The van der Waals surface area contributed by atoms with Crippen LogP contribution in [0, 0.1) is 6.92 Å². The molecular formula is C18H23F3N4O2S. The number of benzene rings is 1. The zero-order valence-corrected chi connectivity index (χ0v) is 16.4. The molecule has 1 aromatic heterocycles. The van der Waals surface area contributed by atoms with Crippen LogP contribution in [0.4, 0.5) is 13.2 Å². The molecule has 0 saturated carbocycles. The smallest absolute Gasteiger partial charge is 0.416 e. The highest BCUT2D eigenvalue weighted by atomic mass is 32.1. The van der Waals surface area contributed by atoms with Crippen molar-refractivity contribution < 1.29 is 23.0 Å². The molecule has 0 saturated heterocycles. The first-order chi connectivity index (χ1) is 13.3. The average Bonchev–Trinajstić information content (AvgIpc) is 3.07. The molecule has 2 aromatic rings. The van der Waals surface area contributed by atoms with E-state index in [1.807, 2.05) is 13.8 Å². The number of rotatable bonds is 8. The van der Waals surface area contributed by atoms with Crippen LogP contribution in [0.5, 0.6) is 5.75 Å². The van der Waals surface area contributed by atoms with Gasteiger partial charge >= 0.3 is 6.18 Å². The van der Waals surface area contributed by atoms with Gasteiger partial charge in [-0.05, 0) is 38.1 Å². The van der Waals surface area contributed by atoms with E-state index in [9.17, 15) is 18.3 Å². The molecule has 28 heavy (non-hydrogen) atoms. The van der Waals surface area contributed by atoms with E-state index < -0.39 is 17.8 Å². The van der Waals surface area contributed by atoms with Gasteiger partial charge in [0, 0.05) is 24.2 Å². The van der Waals surface area contributed by atoms with Crippen LogP contribution in [0.15, 0.2) is 35.5 Å². The van der Waals surface area contributed by atoms with Gasteiger partial charge in [0.2, 0.25) is 0 Å². The fourth-order valence-electron chi connectivity index (χ4n) is 2.17. The zero-order valence-electron chi connectivity index (χ0n) is 15.6. The summed E-state index contributed by atoms with van der Waals surface area (Å²) in [6.45, 7) is 5.08. The van der Waals surface area contributed by atoms with Crippen molar-refractivity contribution in [1.82, 2.24) is 15.6 Å². The van der Waals surface area contributed by atoms with Crippen molar-refractivity contribution in [1.29, 1.82) is 0 Å². The Kier molecular flexibility index (Phi) is 8.06. The average molecular weight is 416 g/mol. The van der Waals surface area contributed by atoms with E-state index in [1.54, 1.807) is 17.5 Å². The van der Waals surface area contributed by atoms with E-state index in [0.717, 1.165) is 22.0 Å². The van der Waals surface area contributed by atoms with Crippen LogP contribution < -0.4 is 15.4 Å². The lowest BCUT2D eigenvalue weighted by atomic mass is 10.2. The summed E-state index contributed by atoms with van der Waals surface area (Å²) in [7, 11) is 0. The van der Waals surface area contributed by atoms with Gasteiger partial charge in [-0.2, -0.15) is 13.2 Å². The Morgan fingerprint density at radius 3 is 2.57 bits per heavy atom. The fraction of sp³-hybridized carbons (Fsp3) is 0.444. The predicted molar refractivity (Wildman–Crippen MR) is 103 cm³/mol. The van der Waals surface area contributed by atoms with Gasteiger partial charge in [0.25, 0.3) is 0 Å². The topological polar surface area (TPSA) is 78.8 Å².